The molecule has 126 valence electrons. The summed E-state index contributed by atoms with van der Waals surface area (Å²) in [4.78, 5) is 12.2. The first-order valence-electron chi connectivity index (χ1n) is 8.53. The minimum Gasteiger partial charge on any atom is -0.267 e. The molecule has 0 heterocycles. The molecule has 4 rings (SSSR count). The number of carbonyl (C=O) groups excluding carboxylic acids is 1. The number of carbonyl (C=O) groups is 1. The molecule has 0 fully saturated rings. The molecular weight excluding hydrogens is 320 g/mol. The molecule has 4 aromatic rings. The van der Waals surface area contributed by atoms with Gasteiger partial charge in [-0.25, -0.2) is 5.43 Å². The molecule has 0 saturated carbocycles. The number of nitrogens with one attached hydrogen (secondary N) is 1. The van der Waals surface area contributed by atoms with Crippen LogP contribution in [0.25, 0.3) is 21.5 Å². The van der Waals surface area contributed by atoms with Crippen LogP contribution in [0.5, 0.6) is 0 Å². The summed E-state index contributed by atoms with van der Waals surface area (Å²) in [5.41, 5.74) is 5.34. The Hall–Kier alpha value is -3.46. The zero-order chi connectivity index (χ0) is 17.9. The molecule has 3 heteroatoms. The summed E-state index contributed by atoms with van der Waals surface area (Å²) in [6, 6.07) is 26.0. The number of fused-ring (bicyclic) bond motifs is 2. The normalized spacial score (nSPS) is 11.3. The first-order valence-corrected chi connectivity index (χ1v) is 8.53. The first kappa shape index (κ1) is 16.0. The van der Waals surface area contributed by atoms with Crippen molar-refractivity contribution in [1.29, 1.82) is 0 Å². The van der Waals surface area contributed by atoms with Crippen molar-refractivity contribution in [1.82, 2.24) is 5.43 Å². The van der Waals surface area contributed by atoms with E-state index in [2.05, 4.69) is 40.9 Å². The maximum Gasteiger partial charge on any atom is 0.271 e. The third kappa shape index (κ3) is 3.07. The van der Waals surface area contributed by atoms with Gasteiger partial charge < -0.3 is 0 Å². The highest BCUT2D eigenvalue weighted by molar-refractivity contribution is 6.13. The molecule has 26 heavy (non-hydrogen) atoms. The van der Waals surface area contributed by atoms with Gasteiger partial charge in [-0.15, -0.1) is 0 Å². The van der Waals surface area contributed by atoms with Crippen molar-refractivity contribution in [2.75, 3.05) is 0 Å². The van der Waals surface area contributed by atoms with Crippen molar-refractivity contribution < 1.29 is 4.79 Å². The topological polar surface area (TPSA) is 41.5 Å². The van der Waals surface area contributed by atoms with E-state index in [1.54, 1.807) is 18.3 Å². The highest BCUT2D eigenvalue weighted by atomic mass is 16.2. The van der Waals surface area contributed by atoms with Gasteiger partial charge in [0.15, 0.2) is 0 Å². The van der Waals surface area contributed by atoms with Crippen LogP contribution in [-0.4, -0.2) is 12.1 Å². The SMILES string of the molecule is Cc1ccc(C(=O)NN=Cc2c3ccccc3cc3ccccc23)cc1. The highest BCUT2D eigenvalue weighted by Crippen LogP contribution is 2.27. The van der Waals surface area contributed by atoms with E-state index in [-0.39, 0.29) is 5.91 Å². The lowest BCUT2D eigenvalue weighted by Gasteiger charge is -2.08. The summed E-state index contributed by atoms with van der Waals surface area (Å²) >= 11 is 0. The van der Waals surface area contributed by atoms with Crippen molar-refractivity contribution in [3.05, 3.63) is 95.6 Å². The standard InChI is InChI=1S/C23H18N2O/c1-16-10-12-17(13-11-16)23(26)25-24-15-22-20-8-4-2-6-18(20)14-19-7-3-5-9-21(19)22/h2-15H,1H3,(H,25,26). The summed E-state index contributed by atoms with van der Waals surface area (Å²) in [5, 5.41) is 8.74. The van der Waals surface area contributed by atoms with Crippen LogP contribution < -0.4 is 5.43 Å². The Bertz CT molecular complexity index is 1070. The molecule has 0 spiro atoms. The summed E-state index contributed by atoms with van der Waals surface area (Å²) in [5.74, 6) is -0.217. The van der Waals surface area contributed by atoms with Crippen LogP contribution in [0, 0.1) is 6.92 Å². The smallest absolute Gasteiger partial charge is 0.267 e. The van der Waals surface area contributed by atoms with Crippen LogP contribution in [0.4, 0.5) is 0 Å². The maximum atomic E-state index is 12.2. The van der Waals surface area contributed by atoms with E-state index < -0.39 is 0 Å². The number of hydrogen-bond acceptors (Lipinski definition) is 2. The summed E-state index contributed by atoms with van der Waals surface area (Å²) < 4.78 is 0. The molecule has 0 aliphatic carbocycles. The molecule has 0 saturated heterocycles. The van der Waals surface area contributed by atoms with Crippen LogP contribution in [0.2, 0.25) is 0 Å². The minimum absolute atomic E-state index is 0.217. The molecular formula is C23H18N2O. The van der Waals surface area contributed by atoms with E-state index in [0.717, 1.165) is 32.7 Å². The van der Waals surface area contributed by atoms with Crippen molar-refractivity contribution in [3.8, 4) is 0 Å². The third-order valence-electron chi connectivity index (χ3n) is 4.49. The zero-order valence-corrected chi connectivity index (χ0v) is 14.4. The Balaban J connectivity index is 1.70. The molecule has 0 aliphatic heterocycles. The maximum absolute atomic E-state index is 12.2. The van der Waals surface area contributed by atoms with Crippen molar-refractivity contribution in [3.63, 3.8) is 0 Å². The van der Waals surface area contributed by atoms with E-state index in [0.29, 0.717) is 5.56 Å². The van der Waals surface area contributed by atoms with Crippen LogP contribution in [0.3, 0.4) is 0 Å². The van der Waals surface area contributed by atoms with E-state index in [4.69, 9.17) is 0 Å². The highest BCUT2D eigenvalue weighted by Gasteiger charge is 2.06. The molecule has 4 aromatic carbocycles. The Labute approximate surface area is 152 Å². The second-order valence-corrected chi connectivity index (χ2v) is 6.30. The lowest BCUT2D eigenvalue weighted by Crippen LogP contribution is -2.17. The average Bonchev–Trinajstić information content (AvgIpc) is 2.68. The number of aryl methyl sites for hydroxylation is 1. The predicted molar refractivity (Wildman–Crippen MR) is 108 cm³/mol. The van der Waals surface area contributed by atoms with Crippen LogP contribution in [0.1, 0.15) is 21.5 Å². The summed E-state index contributed by atoms with van der Waals surface area (Å²) in [6.45, 7) is 1.99. The van der Waals surface area contributed by atoms with E-state index >= 15 is 0 Å². The fourth-order valence-corrected chi connectivity index (χ4v) is 3.11. The molecule has 3 nitrogen and oxygen atoms in total. The van der Waals surface area contributed by atoms with Crippen molar-refractivity contribution in [2.24, 2.45) is 5.10 Å². The minimum atomic E-state index is -0.217. The Morgan fingerprint density at radius 3 is 2.04 bits per heavy atom. The summed E-state index contributed by atoms with van der Waals surface area (Å²) in [7, 11) is 0. The van der Waals surface area contributed by atoms with Crippen molar-refractivity contribution >= 4 is 33.7 Å². The number of rotatable bonds is 3. The fraction of sp³-hybridized carbons (Fsp3) is 0.0435. The molecule has 0 radical (unpaired) electrons. The van der Waals surface area contributed by atoms with E-state index in [1.807, 2.05) is 43.3 Å². The second-order valence-electron chi connectivity index (χ2n) is 6.30. The number of hydrogen-bond donors (Lipinski definition) is 1. The van der Waals surface area contributed by atoms with Gasteiger partial charge in [0.25, 0.3) is 5.91 Å². The number of benzene rings is 4. The number of hydrazone groups is 1. The van der Waals surface area contributed by atoms with Gasteiger partial charge in [0.2, 0.25) is 0 Å². The molecule has 1 N–H and O–H groups in total. The Kier molecular flexibility index (Phi) is 4.20. The van der Waals surface area contributed by atoms with Gasteiger partial charge in [-0.1, -0.05) is 66.2 Å². The Morgan fingerprint density at radius 1 is 0.846 bits per heavy atom. The molecule has 0 unspecified atom stereocenters. The molecule has 1 amide bonds. The predicted octanol–water partition coefficient (Wildman–Crippen LogP) is 5.07. The van der Waals surface area contributed by atoms with Gasteiger partial charge in [0, 0.05) is 11.1 Å². The van der Waals surface area contributed by atoms with Crippen molar-refractivity contribution in [2.45, 2.75) is 6.92 Å². The lowest BCUT2D eigenvalue weighted by molar-refractivity contribution is 0.0955. The Morgan fingerprint density at radius 2 is 1.42 bits per heavy atom. The number of amides is 1. The second kappa shape index (κ2) is 6.81. The van der Waals surface area contributed by atoms with Gasteiger partial charge in [0.05, 0.1) is 6.21 Å². The summed E-state index contributed by atoms with van der Waals surface area (Å²) in [6.07, 6.45) is 1.73. The van der Waals surface area contributed by atoms with E-state index in [1.165, 1.54) is 0 Å². The lowest BCUT2D eigenvalue weighted by atomic mass is 9.97. The molecule has 0 aromatic heterocycles. The van der Waals surface area contributed by atoms with Crippen LogP contribution >= 0.6 is 0 Å². The van der Waals surface area contributed by atoms with Gasteiger partial charge in [-0.2, -0.15) is 5.10 Å². The fourth-order valence-electron chi connectivity index (χ4n) is 3.11. The molecule has 0 aliphatic rings. The third-order valence-corrected chi connectivity index (χ3v) is 4.49. The molecule has 0 bridgehead atoms. The zero-order valence-electron chi connectivity index (χ0n) is 14.4. The first-order chi connectivity index (χ1) is 12.7. The molecule has 0 atom stereocenters. The van der Waals surface area contributed by atoms with Gasteiger partial charge >= 0.3 is 0 Å². The monoisotopic (exact) mass is 338 g/mol. The van der Waals surface area contributed by atoms with Gasteiger partial charge in [0.1, 0.15) is 0 Å². The van der Waals surface area contributed by atoms with Crippen LogP contribution in [-0.2, 0) is 0 Å². The average molecular weight is 338 g/mol. The van der Waals surface area contributed by atoms with Gasteiger partial charge in [-0.05, 0) is 46.7 Å². The van der Waals surface area contributed by atoms with E-state index in [9.17, 15) is 4.79 Å². The van der Waals surface area contributed by atoms with Crippen LogP contribution in [0.15, 0.2) is 84.0 Å². The largest absolute Gasteiger partial charge is 0.271 e. The van der Waals surface area contributed by atoms with Gasteiger partial charge in [-0.3, -0.25) is 4.79 Å². The quantitative estimate of drug-likeness (QED) is 0.316. The number of nitrogens with zero attached hydrogens (tertiary/aromatic N) is 1.